The van der Waals surface area contributed by atoms with Gasteiger partial charge in [0.1, 0.15) is 0 Å². The van der Waals surface area contributed by atoms with Crippen LogP contribution in [0.4, 0.5) is 0 Å². The zero-order chi connectivity index (χ0) is 12.2. The molecule has 0 aromatic rings. The van der Waals surface area contributed by atoms with Crippen molar-refractivity contribution in [3.8, 4) is 6.07 Å². The lowest BCUT2D eigenvalue weighted by Gasteiger charge is -2.34. The lowest BCUT2D eigenvalue weighted by molar-refractivity contribution is 0.238. The number of nitrogens with one attached hydrogen (secondary N) is 2. The van der Waals surface area contributed by atoms with E-state index in [9.17, 15) is 8.42 Å². The SMILES string of the molecule is CC(C#N)S(=O)(=O)NCC1(C)CCCNC1. The first-order valence-corrected chi connectivity index (χ1v) is 7.03. The first-order chi connectivity index (χ1) is 7.40. The van der Waals surface area contributed by atoms with Crippen LogP contribution in [0, 0.1) is 16.7 Å². The zero-order valence-corrected chi connectivity index (χ0v) is 10.6. The van der Waals surface area contributed by atoms with Crippen LogP contribution >= 0.6 is 0 Å². The maximum Gasteiger partial charge on any atom is 0.227 e. The molecule has 5 nitrogen and oxygen atoms in total. The number of rotatable bonds is 4. The van der Waals surface area contributed by atoms with Crippen molar-refractivity contribution in [2.24, 2.45) is 5.41 Å². The van der Waals surface area contributed by atoms with Gasteiger partial charge in [-0.1, -0.05) is 6.92 Å². The van der Waals surface area contributed by atoms with Crippen LogP contribution in [0.5, 0.6) is 0 Å². The first kappa shape index (κ1) is 13.4. The second kappa shape index (κ2) is 5.13. The molecule has 0 bridgehead atoms. The molecule has 0 spiro atoms. The van der Waals surface area contributed by atoms with Gasteiger partial charge in [-0.3, -0.25) is 0 Å². The van der Waals surface area contributed by atoms with E-state index >= 15 is 0 Å². The Morgan fingerprint density at radius 1 is 1.62 bits per heavy atom. The third-order valence-electron chi connectivity index (χ3n) is 3.03. The van der Waals surface area contributed by atoms with E-state index in [0.29, 0.717) is 6.54 Å². The standard InChI is InChI=1S/C10H19N3O2S/c1-9(6-11)16(14,15)13-8-10(2)4-3-5-12-7-10/h9,12-13H,3-5,7-8H2,1-2H3. The van der Waals surface area contributed by atoms with Crippen molar-refractivity contribution in [2.45, 2.75) is 31.9 Å². The van der Waals surface area contributed by atoms with Crippen molar-refractivity contribution >= 4 is 10.0 Å². The average Bonchev–Trinajstić information content (AvgIpc) is 2.27. The maximum atomic E-state index is 11.6. The Balaban J connectivity index is 2.54. The van der Waals surface area contributed by atoms with E-state index in [1.54, 1.807) is 6.07 Å². The molecule has 0 amide bonds. The van der Waals surface area contributed by atoms with Gasteiger partial charge in [-0.25, -0.2) is 13.1 Å². The van der Waals surface area contributed by atoms with E-state index in [1.807, 2.05) is 0 Å². The van der Waals surface area contributed by atoms with Gasteiger partial charge in [-0.15, -0.1) is 0 Å². The molecule has 0 radical (unpaired) electrons. The van der Waals surface area contributed by atoms with Crippen LogP contribution in [0.15, 0.2) is 0 Å². The van der Waals surface area contributed by atoms with Gasteiger partial charge in [0.25, 0.3) is 0 Å². The van der Waals surface area contributed by atoms with Gasteiger partial charge < -0.3 is 5.32 Å². The minimum absolute atomic E-state index is 0.0412. The van der Waals surface area contributed by atoms with E-state index < -0.39 is 15.3 Å². The fourth-order valence-electron chi connectivity index (χ4n) is 1.74. The maximum absolute atomic E-state index is 11.6. The highest BCUT2D eigenvalue weighted by Crippen LogP contribution is 2.24. The summed E-state index contributed by atoms with van der Waals surface area (Å²) in [5.41, 5.74) is -0.0412. The summed E-state index contributed by atoms with van der Waals surface area (Å²) in [6.45, 7) is 5.66. The molecule has 1 saturated heterocycles. The van der Waals surface area contributed by atoms with Crippen LogP contribution in [-0.4, -0.2) is 33.3 Å². The quantitative estimate of drug-likeness (QED) is 0.741. The molecule has 2 unspecified atom stereocenters. The summed E-state index contributed by atoms with van der Waals surface area (Å²) in [7, 11) is -3.49. The highest BCUT2D eigenvalue weighted by atomic mass is 32.2. The molecule has 6 heteroatoms. The molecule has 16 heavy (non-hydrogen) atoms. The van der Waals surface area contributed by atoms with Crippen molar-refractivity contribution in [3.05, 3.63) is 0 Å². The number of nitriles is 1. The van der Waals surface area contributed by atoms with E-state index in [0.717, 1.165) is 25.9 Å². The van der Waals surface area contributed by atoms with Crippen LogP contribution in [-0.2, 0) is 10.0 Å². The topological polar surface area (TPSA) is 82.0 Å². The van der Waals surface area contributed by atoms with Crippen LogP contribution in [0.2, 0.25) is 0 Å². The smallest absolute Gasteiger partial charge is 0.227 e. The van der Waals surface area contributed by atoms with E-state index in [-0.39, 0.29) is 5.41 Å². The minimum Gasteiger partial charge on any atom is -0.316 e. The number of nitrogens with zero attached hydrogens (tertiary/aromatic N) is 1. The predicted octanol–water partition coefficient (Wildman–Crippen LogP) is 0.208. The molecule has 0 saturated carbocycles. The molecular formula is C10H19N3O2S. The molecule has 2 N–H and O–H groups in total. The lowest BCUT2D eigenvalue weighted by atomic mass is 9.83. The molecule has 92 valence electrons. The summed E-state index contributed by atoms with van der Waals surface area (Å²) < 4.78 is 25.7. The summed E-state index contributed by atoms with van der Waals surface area (Å²) in [4.78, 5) is 0. The number of piperidine rings is 1. The largest absolute Gasteiger partial charge is 0.316 e. The van der Waals surface area contributed by atoms with E-state index in [1.165, 1.54) is 6.92 Å². The molecule has 1 fully saturated rings. The van der Waals surface area contributed by atoms with Gasteiger partial charge in [0.05, 0.1) is 6.07 Å². The Kier molecular flexibility index (Phi) is 4.30. The summed E-state index contributed by atoms with van der Waals surface area (Å²) in [5.74, 6) is 0. The van der Waals surface area contributed by atoms with E-state index in [4.69, 9.17) is 5.26 Å². The Morgan fingerprint density at radius 2 is 2.31 bits per heavy atom. The van der Waals surface area contributed by atoms with Crippen LogP contribution < -0.4 is 10.0 Å². The second-order valence-electron chi connectivity index (χ2n) is 4.73. The minimum atomic E-state index is -3.49. The average molecular weight is 245 g/mol. The summed E-state index contributed by atoms with van der Waals surface area (Å²) >= 11 is 0. The molecule has 0 aromatic carbocycles. The van der Waals surface area contributed by atoms with Crippen molar-refractivity contribution < 1.29 is 8.42 Å². The van der Waals surface area contributed by atoms with Gasteiger partial charge in [0.15, 0.2) is 5.25 Å². The Hall–Kier alpha value is -0.640. The fraction of sp³-hybridized carbons (Fsp3) is 0.900. The fourth-order valence-corrected chi connectivity index (χ4v) is 2.68. The molecular weight excluding hydrogens is 226 g/mol. The molecule has 2 atom stereocenters. The predicted molar refractivity (Wildman–Crippen MR) is 62.2 cm³/mol. The highest BCUT2D eigenvalue weighted by molar-refractivity contribution is 7.90. The van der Waals surface area contributed by atoms with Gasteiger partial charge >= 0.3 is 0 Å². The monoisotopic (exact) mass is 245 g/mol. The van der Waals surface area contributed by atoms with Crippen molar-refractivity contribution in [2.75, 3.05) is 19.6 Å². The lowest BCUT2D eigenvalue weighted by Crippen LogP contribution is -2.46. The van der Waals surface area contributed by atoms with Crippen molar-refractivity contribution in [3.63, 3.8) is 0 Å². The van der Waals surface area contributed by atoms with Crippen LogP contribution in [0.1, 0.15) is 26.7 Å². The molecule has 1 rings (SSSR count). The van der Waals surface area contributed by atoms with Gasteiger partial charge in [-0.05, 0) is 31.7 Å². The van der Waals surface area contributed by atoms with Crippen molar-refractivity contribution in [1.82, 2.24) is 10.0 Å². The number of hydrogen-bond donors (Lipinski definition) is 2. The highest BCUT2D eigenvalue weighted by Gasteiger charge is 2.29. The van der Waals surface area contributed by atoms with Gasteiger partial charge in [0, 0.05) is 13.1 Å². The normalized spacial score (nSPS) is 28.3. The van der Waals surface area contributed by atoms with Crippen molar-refractivity contribution in [1.29, 1.82) is 5.26 Å². The van der Waals surface area contributed by atoms with Crippen LogP contribution in [0.3, 0.4) is 0 Å². The third kappa shape index (κ3) is 3.44. The van der Waals surface area contributed by atoms with Gasteiger partial charge in [-0.2, -0.15) is 5.26 Å². The molecule has 1 heterocycles. The Labute approximate surface area is 97.3 Å². The van der Waals surface area contributed by atoms with E-state index in [2.05, 4.69) is 17.0 Å². The Bertz CT molecular complexity index is 366. The second-order valence-corrected chi connectivity index (χ2v) is 6.81. The molecule has 0 aromatic heterocycles. The molecule has 1 aliphatic rings. The van der Waals surface area contributed by atoms with Gasteiger partial charge in [0.2, 0.25) is 10.0 Å². The summed E-state index contributed by atoms with van der Waals surface area (Å²) in [6.07, 6.45) is 2.06. The third-order valence-corrected chi connectivity index (χ3v) is 4.62. The number of hydrogen-bond acceptors (Lipinski definition) is 4. The molecule has 0 aliphatic carbocycles. The summed E-state index contributed by atoms with van der Waals surface area (Å²) in [5, 5.41) is 10.9. The first-order valence-electron chi connectivity index (χ1n) is 5.48. The Morgan fingerprint density at radius 3 is 2.81 bits per heavy atom. The zero-order valence-electron chi connectivity index (χ0n) is 9.78. The molecule has 1 aliphatic heterocycles. The van der Waals surface area contributed by atoms with Crippen LogP contribution in [0.25, 0.3) is 0 Å². The number of sulfonamides is 1. The summed E-state index contributed by atoms with van der Waals surface area (Å²) in [6, 6.07) is 1.74.